The number of nitrogens with zero attached hydrogens (tertiary/aromatic N) is 4. The number of hydrogen-bond acceptors (Lipinski definition) is 4. The molecule has 0 unspecified atom stereocenters. The van der Waals surface area contributed by atoms with Gasteiger partial charge in [0.2, 0.25) is 0 Å². The molecule has 0 spiro atoms. The Labute approximate surface area is 161 Å². The van der Waals surface area contributed by atoms with E-state index in [4.69, 9.17) is 0 Å². The monoisotopic (exact) mass is 367 g/mol. The van der Waals surface area contributed by atoms with Crippen LogP contribution in [0.1, 0.15) is 61.7 Å². The molecule has 2 heterocycles. The van der Waals surface area contributed by atoms with Crippen LogP contribution in [-0.4, -0.2) is 50.7 Å². The Morgan fingerprint density at radius 3 is 2.22 bits per heavy atom. The predicted molar refractivity (Wildman–Crippen MR) is 105 cm³/mol. The largest absolute Gasteiger partial charge is 0.350 e. The summed E-state index contributed by atoms with van der Waals surface area (Å²) in [7, 11) is 0. The number of nitrogens with one attached hydrogen (secondary N) is 1. The maximum atomic E-state index is 12.7. The summed E-state index contributed by atoms with van der Waals surface area (Å²) in [6.45, 7) is 3.13. The van der Waals surface area contributed by atoms with Crippen molar-refractivity contribution in [1.29, 1.82) is 0 Å². The molecule has 1 aromatic carbocycles. The molecule has 1 aliphatic carbocycles. The van der Waals surface area contributed by atoms with Crippen molar-refractivity contribution in [2.24, 2.45) is 0 Å². The van der Waals surface area contributed by atoms with Crippen molar-refractivity contribution in [1.82, 2.24) is 25.0 Å². The fraction of sp³-hybridized carbons (Fsp3) is 0.571. The van der Waals surface area contributed by atoms with Crippen LogP contribution >= 0.6 is 0 Å². The van der Waals surface area contributed by atoms with Gasteiger partial charge < -0.3 is 5.32 Å². The van der Waals surface area contributed by atoms with Crippen LogP contribution in [0.5, 0.6) is 0 Å². The van der Waals surface area contributed by atoms with E-state index in [9.17, 15) is 4.79 Å². The molecule has 1 aromatic heterocycles. The Balaban J connectivity index is 1.41. The van der Waals surface area contributed by atoms with Crippen LogP contribution in [0, 0.1) is 0 Å². The molecule has 2 aromatic rings. The lowest BCUT2D eigenvalue weighted by Crippen LogP contribution is -2.58. The van der Waals surface area contributed by atoms with Crippen LogP contribution in [0.15, 0.2) is 36.9 Å². The predicted octanol–water partition coefficient (Wildman–Crippen LogP) is 3.19. The van der Waals surface area contributed by atoms with E-state index in [1.807, 2.05) is 28.8 Å². The van der Waals surface area contributed by atoms with E-state index < -0.39 is 0 Å². The van der Waals surface area contributed by atoms with Gasteiger partial charge in [-0.15, -0.1) is 10.2 Å². The molecule has 2 fully saturated rings. The van der Waals surface area contributed by atoms with Crippen LogP contribution in [-0.2, 0) is 0 Å². The highest BCUT2D eigenvalue weighted by molar-refractivity contribution is 5.94. The van der Waals surface area contributed by atoms with Crippen molar-refractivity contribution in [2.75, 3.05) is 19.6 Å². The molecular formula is C21H29N5O. The molecule has 2 aliphatic rings. The molecule has 0 atom stereocenters. The van der Waals surface area contributed by atoms with E-state index in [1.54, 1.807) is 12.7 Å². The minimum absolute atomic E-state index is 0.0206. The molecule has 144 valence electrons. The van der Waals surface area contributed by atoms with Gasteiger partial charge in [-0.25, -0.2) is 0 Å². The van der Waals surface area contributed by atoms with E-state index in [0.717, 1.165) is 12.2 Å². The summed E-state index contributed by atoms with van der Waals surface area (Å²) in [4.78, 5) is 15.4. The van der Waals surface area contributed by atoms with E-state index in [-0.39, 0.29) is 11.4 Å². The zero-order chi connectivity index (χ0) is 18.5. The average Bonchev–Trinajstić information content (AvgIpc) is 3.28. The van der Waals surface area contributed by atoms with Gasteiger partial charge in [-0.05, 0) is 63.0 Å². The van der Waals surface area contributed by atoms with Crippen LogP contribution in [0.2, 0.25) is 0 Å². The molecule has 1 N–H and O–H groups in total. The maximum Gasteiger partial charge on any atom is 0.251 e. The first kappa shape index (κ1) is 18.2. The number of piperidine rings is 1. The Morgan fingerprint density at radius 2 is 1.56 bits per heavy atom. The molecule has 4 rings (SSSR count). The normalized spacial score (nSPS) is 20.3. The standard InChI is InChI=1S/C21H29N5O/c27-20(18-7-9-19(10-8-18)25-16-23-24-17-25)22-15-21(11-3-1-4-12-21)26-13-5-2-6-14-26/h7-10,16-17H,1-6,11-15H2,(H,22,27). The van der Waals surface area contributed by atoms with Gasteiger partial charge in [-0.1, -0.05) is 25.7 Å². The number of carbonyl (C=O) groups excluding carboxylic acids is 1. The summed E-state index contributed by atoms with van der Waals surface area (Å²) in [6.07, 6.45) is 13.5. The van der Waals surface area contributed by atoms with Crippen LogP contribution in [0.3, 0.4) is 0 Å². The second kappa shape index (κ2) is 8.21. The van der Waals surface area contributed by atoms with Gasteiger partial charge in [0.05, 0.1) is 0 Å². The topological polar surface area (TPSA) is 63.1 Å². The first-order chi connectivity index (χ1) is 13.3. The summed E-state index contributed by atoms with van der Waals surface area (Å²) < 4.78 is 1.83. The molecule has 6 nitrogen and oxygen atoms in total. The van der Waals surface area contributed by atoms with Gasteiger partial charge in [0, 0.05) is 23.3 Å². The van der Waals surface area contributed by atoms with Crippen molar-refractivity contribution in [3.05, 3.63) is 42.5 Å². The molecule has 0 bridgehead atoms. The maximum absolute atomic E-state index is 12.7. The Hall–Kier alpha value is -2.21. The van der Waals surface area contributed by atoms with Gasteiger partial charge >= 0.3 is 0 Å². The number of rotatable bonds is 5. The van der Waals surface area contributed by atoms with E-state index >= 15 is 0 Å². The number of likely N-dealkylation sites (tertiary alicyclic amines) is 1. The van der Waals surface area contributed by atoms with Crippen molar-refractivity contribution in [2.45, 2.75) is 56.9 Å². The summed E-state index contributed by atoms with van der Waals surface area (Å²) in [5.74, 6) is 0.0206. The summed E-state index contributed by atoms with van der Waals surface area (Å²) in [6, 6.07) is 7.61. The Morgan fingerprint density at radius 1 is 0.926 bits per heavy atom. The van der Waals surface area contributed by atoms with Crippen LogP contribution in [0.4, 0.5) is 0 Å². The number of aromatic nitrogens is 3. The number of amides is 1. The second-order valence-electron chi connectivity index (χ2n) is 7.93. The molecule has 0 radical (unpaired) electrons. The summed E-state index contributed by atoms with van der Waals surface area (Å²) in [5.41, 5.74) is 1.82. The fourth-order valence-corrected chi connectivity index (χ4v) is 4.65. The third kappa shape index (κ3) is 4.05. The molecule has 1 amide bonds. The lowest BCUT2D eigenvalue weighted by Gasteiger charge is -2.48. The highest BCUT2D eigenvalue weighted by Crippen LogP contribution is 2.35. The van der Waals surface area contributed by atoms with Crippen molar-refractivity contribution in [3.63, 3.8) is 0 Å². The third-order valence-corrected chi connectivity index (χ3v) is 6.24. The van der Waals surface area contributed by atoms with Crippen LogP contribution in [0.25, 0.3) is 5.69 Å². The molecule has 6 heteroatoms. The minimum Gasteiger partial charge on any atom is -0.350 e. The van der Waals surface area contributed by atoms with Gasteiger partial charge in [0.25, 0.3) is 5.91 Å². The first-order valence-electron chi connectivity index (χ1n) is 10.3. The average molecular weight is 367 g/mol. The zero-order valence-electron chi connectivity index (χ0n) is 15.9. The number of benzene rings is 1. The van der Waals surface area contributed by atoms with E-state index in [0.29, 0.717) is 5.56 Å². The molecular weight excluding hydrogens is 338 g/mol. The fourth-order valence-electron chi connectivity index (χ4n) is 4.65. The lowest BCUT2D eigenvalue weighted by molar-refractivity contribution is 0.0326. The van der Waals surface area contributed by atoms with Gasteiger partial charge in [-0.2, -0.15) is 0 Å². The zero-order valence-corrected chi connectivity index (χ0v) is 15.9. The molecule has 1 saturated carbocycles. The Kier molecular flexibility index (Phi) is 5.53. The van der Waals surface area contributed by atoms with Gasteiger partial charge in [0.15, 0.2) is 0 Å². The highest BCUT2D eigenvalue weighted by atomic mass is 16.1. The van der Waals surface area contributed by atoms with Gasteiger partial charge in [-0.3, -0.25) is 14.3 Å². The first-order valence-corrected chi connectivity index (χ1v) is 10.3. The Bertz CT molecular complexity index is 728. The summed E-state index contributed by atoms with van der Waals surface area (Å²) >= 11 is 0. The van der Waals surface area contributed by atoms with Crippen molar-refractivity contribution in [3.8, 4) is 5.69 Å². The highest BCUT2D eigenvalue weighted by Gasteiger charge is 2.38. The summed E-state index contributed by atoms with van der Waals surface area (Å²) in [5, 5.41) is 10.9. The number of hydrogen-bond donors (Lipinski definition) is 1. The number of carbonyl (C=O) groups is 1. The second-order valence-corrected chi connectivity index (χ2v) is 7.93. The smallest absolute Gasteiger partial charge is 0.251 e. The van der Waals surface area contributed by atoms with Crippen LogP contribution < -0.4 is 5.32 Å². The van der Waals surface area contributed by atoms with Gasteiger partial charge in [0.1, 0.15) is 12.7 Å². The van der Waals surface area contributed by atoms with E-state index in [2.05, 4.69) is 20.4 Å². The molecule has 1 aliphatic heterocycles. The quantitative estimate of drug-likeness (QED) is 0.882. The molecule has 1 saturated heterocycles. The van der Waals surface area contributed by atoms with E-state index in [1.165, 1.54) is 64.5 Å². The molecule has 27 heavy (non-hydrogen) atoms. The van der Waals surface area contributed by atoms with Crippen molar-refractivity contribution < 1.29 is 4.79 Å². The van der Waals surface area contributed by atoms with Crippen molar-refractivity contribution >= 4 is 5.91 Å². The third-order valence-electron chi connectivity index (χ3n) is 6.24. The lowest BCUT2D eigenvalue weighted by atomic mass is 9.79. The SMILES string of the molecule is O=C(NCC1(N2CCCCC2)CCCCC1)c1ccc(-n2cnnc2)cc1. The minimum atomic E-state index is 0.0206.